The minimum Gasteiger partial charge on any atom is -0.456 e. The van der Waals surface area contributed by atoms with E-state index in [1.54, 1.807) is 0 Å². The van der Waals surface area contributed by atoms with Gasteiger partial charge in [0, 0.05) is 6.07 Å². The summed E-state index contributed by atoms with van der Waals surface area (Å²) in [5.74, 6) is -1.29. The number of nitriles is 1. The molecule has 0 saturated heterocycles. The molecule has 0 amide bonds. The van der Waals surface area contributed by atoms with E-state index in [-0.39, 0.29) is 32.8 Å². The summed E-state index contributed by atoms with van der Waals surface area (Å²) >= 11 is 5.61. The van der Waals surface area contributed by atoms with Crippen molar-refractivity contribution in [1.82, 2.24) is 4.98 Å². The van der Waals surface area contributed by atoms with Gasteiger partial charge in [0.25, 0.3) is 10.0 Å². The Labute approximate surface area is 164 Å². The van der Waals surface area contributed by atoms with Gasteiger partial charge in [-0.15, -0.1) is 0 Å². The van der Waals surface area contributed by atoms with Crippen LogP contribution in [-0.4, -0.2) is 13.4 Å². The first-order chi connectivity index (χ1) is 13.3. The molecule has 3 aromatic rings. The number of nitrogens with zero attached hydrogens (tertiary/aromatic N) is 2. The molecule has 0 aliphatic rings. The number of nitrogens with one attached hydrogen (secondary N) is 1. The van der Waals surface area contributed by atoms with Gasteiger partial charge in [0.05, 0.1) is 21.7 Å². The second-order valence-corrected chi connectivity index (χ2v) is 7.50. The summed E-state index contributed by atoms with van der Waals surface area (Å²) in [7, 11) is -4.08. The van der Waals surface area contributed by atoms with Crippen molar-refractivity contribution in [1.29, 1.82) is 5.26 Å². The van der Waals surface area contributed by atoms with Gasteiger partial charge in [-0.1, -0.05) is 11.6 Å². The number of anilines is 1. The maximum Gasteiger partial charge on any atom is 0.263 e. The predicted octanol–water partition coefficient (Wildman–Crippen LogP) is 4.48. The van der Waals surface area contributed by atoms with E-state index in [0.29, 0.717) is 0 Å². The van der Waals surface area contributed by atoms with Crippen molar-refractivity contribution < 1.29 is 21.9 Å². The molecule has 10 heteroatoms. The highest BCUT2D eigenvalue weighted by Crippen LogP contribution is 2.29. The number of hydrogen-bond donors (Lipinski definition) is 1. The summed E-state index contributed by atoms with van der Waals surface area (Å²) in [5, 5.41) is 9.22. The molecule has 1 aromatic heterocycles. The molecule has 6 nitrogen and oxygen atoms in total. The van der Waals surface area contributed by atoms with Crippen LogP contribution in [0.25, 0.3) is 0 Å². The monoisotopic (exact) mass is 421 g/mol. The molecule has 0 aliphatic heterocycles. The van der Waals surface area contributed by atoms with Gasteiger partial charge in [0.2, 0.25) is 0 Å². The van der Waals surface area contributed by atoms with E-state index in [4.69, 9.17) is 16.3 Å². The summed E-state index contributed by atoms with van der Waals surface area (Å²) in [5.41, 5.74) is -0.0923. The standard InChI is InChI=1S/C18H10ClF2N3O3S/c19-15-4-2-13(8-16(15)21)27-17-5-3-14(7-11(17)9-22)28(25,26)24-18-6-1-12(20)10-23-18/h1-8,10H,(H,23,24). The third-order valence-corrected chi connectivity index (χ3v) is 5.13. The van der Waals surface area contributed by atoms with Crippen LogP contribution in [0.4, 0.5) is 14.6 Å². The van der Waals surface area contributed by atoms with E-state index in [1.807, 2.05) is 6.07 Å². The molecule has 0 fully saturated rings. The third kappa shape index (κ3) is 4.36. The normalized spacial score (nSPS) is 10.9. The first kappa shape index (κ1) is 19.5. The summed E-state index contributed by atoms with van der Waals surface area (Å²) < 4.78 is 58.9. The number of ether oxygens (including phenoxy) is 1. The maximum absolute atomic E-state index is 13.5. The summed E-state index contributed by atoms with van der Waals surface area (Å²) in [4.78, 5) is 3.39. The topological polar surface area (TPSA) is 92.1 Å². The smallest absolute Gasteiger partial charge is 0.263 e. The van der Waals surface area contributed by atoms with Crippen LogP contribution < -0.4 is 9.46 Å². The molecule has 0 bridgehead atoms. The van der Waals surface area contributed by atoms with Gasteiger partial charge in [-0.25, -0.2) is 22.2 Å². The molecule has 0 atom stereocenters. The largest absolute Gasteiger partial charge is 0.456 e. The molecule has 0 radical (unpaired) electrons. The lowest BCUT2D eigenvalue weighted by Crippen LogP contribution is -2.14. The van der Waals surface area contributed by atoms with Crippen molar-refractivity contribution >= 4 is 27.4 Å². The molecular weight excluding hydrogens is 412 g/mol. The van der Waals surface area contributed by atoms with Gasteiger partial charge >= 0.3 is 0 Å². The first-order valence-corrected chi connectivity index (χ1v) is 9.46. The summed E-state index contributed by atoms with van der Waals surface area (Å²) in [6.07, 6.45) is 0.862. The van der Waals surface area contributed by atoms with Gasteiger partial charge in [-0.2, -0.15) is 5.26 Å². The molecule has 0 saturated carbocycles. The number of rotatable bonds is 5. The van der Waals surface area contributed by atoms with E-state index < -0.39 is 21.7 Å². The molecule has 1 heterocycles. The molecule has 0 unspecified atom stereocenters. The minimum absolute atomic E-state index is 0.0306. The fourth-order valence-electron chi connectivity index (χ4n) is 2.15. The fraction of sp³-hybridized carbons (Fsp3) is 0. The van der Waals surface area contributed by atoms with E-state index in [9.17, 15) is 22.5 Å². The molecule has 1 N–H and O–H groups in total. The zero-order valence-electron chi connectivity index (χ0n) is 13.9. The highest BCUT2D eigenvalue weighted by atomic mass is 35.5. The Morgan fingerprint density at radius 2 is 1.89 bits per heavy atom. The number of halogens is 3. The molecule has 3 rings (SSSR count). The van der Waals surface area contributed by atoms with Crippen molar-refractivity contribution in [3.63, 3.8) is 0 Å². The van der Waals surface area contributed by atoms with E-state index in [2.05, 4.69) is 9.71 Å². The second kappa shape index (κ2) is 7.80. The number of aromatic nitrogens is 1. The number of pyridine rings is 1. The lowest BCUT2D eigenvalue weighted by atomic mass is 10.2. The zero-order chi connectivity index (χ0) is 20.3. The van der Waals surface area contributed by atoms with Crippen molar-refractivity contribution in [2.24, 2.45) is 0 Å². The Kier molecular flexibility index (Phi) is 5.44. The minimum atomic E-state index is -4.08. The Morgan fingerprint density at radius 3 is 2.54 bits per heavy atom. The van der Waals surface area contributed by atoms with Gasteiger partial charge in [-0.05, 0) is 42.5 Å². The average molecular weight is 422 g/mol. The van der Waals surface area contributed by atoms with Crippen LogP contribution in [0, 0.1) is 23.0 Å². The fourth-order valence-corrected chi connectivity index (χ4v) is 3.30. The molecule has 0 spiro atoms. The Hall–Kier alpha value is -3.22. The van der Waals surface area contributed by atoms with Gasteiger partial charge in [0.1, 0.15) is 35.0 Å². The number of hydrogen-bond acceptors (Lipinski definition) is 5. The highest BCUT2D eigenvalue weighted by molar-refractivity contribution is 7.92. The molecule has 0 aliphatic carbocycles. The Bertz CT molecular complexity index is 1180. The SMILES string of the molecule is N#Cc1cc(S(=O)(=O)Nc2ccc(F)cn2)ccc1Oc1ccc(Cl)c(F)c1. The summed E-state index contributed by atoms with van der Waals surface area (Å²) in [6, 6.07) is 11.3. The van der Waals surface area contributed by atoms with E-state index in [0.717, 1.165) is 30.5 Å². The van der Waals surface area contributed by atoms with E-state index in [1.165, 1.54) is 24.3 Å². The second-order valence-electron chi connectivity index (χ2n) is 5.41. The van der Waals surface area contributed by atoms with Crippen molar-refractivity contribution in [3.8, 4) is 17.6 Å². The van der Waals surface area contributed by atoms with Gasteiger partial charge in [-0.3, -0.25) is 4.72 Å². The Morgan fingerprint density at radius 1 is 1.11 bits per heavy atom. The van der Waals surface area contributed by atoms with Crippen LogP contribution in [0.3, 0.4) is 0 Å². The van der Waals surface area contributed by atoms with Crippen LogP contribution in [-0.2, 0) is 10.0 Å². The zero-order valence-corrected chi connectivity index (χ0v) is 15.4. The van der Waals surface area contributed by atoms with Crippen molar-refractivity contribution in [2.45, 2.75) is 4.90 Å². The van der Waals surface area contributed by atoms with Crippen LogP contribution in [0.2, 0.25) is 5.02 Å². The van der Waals surface area contributed by atoms with Crippen LogP contribution in [0.15, 0.2) is 59.6 Å². The highest BCUT2D eigenvalue weighted by Gasteiger charge is 2.18. The third-order valence-electron chi connectivity index (χ3n) is 3.47. The predicted molar refractivity (Wildman–Crippen MR) is 97.6 cm³/mol. The number of benzene rings is 2. The molecule has 142 valence electrons. The van der Waals surface area contributed by atoms with E-state index >= 15 is 0 Å². The van der Waals surface area contributed by atoms with Crippen molar-refractivity contribution in [3.05, 3.63) is 76.9 Å². The van der Waals surface area contributed by atoms with Gasteiger partial charge < -0.3 is 4.74 Å². The van der Waals surface area contributed by atoms with Crippen LogP contribution in [0.1, 0.15) is 5.56 Å². The number of sulfonamides is 1. The molecule has 28 heavy (non-hydrogen) atoms. The lowest BCUT2D eigenvalue weighted by molar-refractivity contribution is 0.475. The van der Waals surface area contributed by atoms with Crippen LogP contribution in [0.5, 0.6) is 11.5 Å². The maximum atomic E-state index is 13.5. The van der Waals surface area contributed by atoms with Crippen molar-refractivity contribution in [2.75, 3.05) is 4.72 Å². The Balaban J connectivity index is 1.88. The average Bonchev–Trinajstić information content (AvgIpc) is 2.66. The molecule has 2 aromatic carbocycles. The lowest BCUT2D eigenvalue weighted by Gasteiger charge is -2.11. The quantitative estimate of drug-likeness (QED) is 0.655. The van der Waals surface area contributed by atoms with Crippen LogP contribution >= 0.6 is 11.6 Å². The van der Waals surface area contributed by atoms with Gasteiger partial charge in [0.15, 0.2) is 0 Å². The summed E-state index contributed by atoms with van der Waals surface area (Å²) in [6.45, 7) is 0. The molecular formula is C18H10ClF2N3O3S. The first-order valence-electron chi connectivity index (χ1n) is 7.60.